The Bertz CT molecular complexity index is 493. The summed E-state index contributed by atoms with van der Waals surface area (Å²) in [6, 6.07) is 3.37. The van der Waals surface area contributed by atoms with Crippen LogP contribution in [0.5, 0.6) is 0 Å². The van der Waals surface area contributed by atoms with E-state index in [0.29, 0.717) is 12.1 Å². The third-order valence-corrected chi connectivity index (χ3v) is 3.36. The fourth-order valence-corrected chi connectivity index (χ4v) is 2.43. The monoisotopic (exact) mass is 266 g/mol. The molecule has 19 heavy (non-hydrogen) atoms. The Morgan fingerprint density at radius 3 is 2.89 bits per heavy atom. The van der Waals surface area contributed by atoms with Gasteiger partial charge >= 0.3 is 0 Å². The van der Waals surface area contributed by atoms with Crippen molar-refractivity contribution in [2.24, 2.45) is 0 Å². The van der Waals surface area contributed by atoms with Crippen LogP contribution in [0.2, 0.25) is 0 Å². The van der Waals surface area contributed by atoms with Gasteiger partial charge in [0.05, 0.1) is 17.0 Å². The van der Waals surface area contributed by atoms with Crippen LogP contribution in [-0.2, 0) is 11.3 Å². The molecule has 0 N–H and O–H groups in total. The Kier molecular flexibility index (Phi) is 4.21. The van der Waals surface area contributed by atoms with Crippen molar-refractivity contribution in [1.29, 1.82) is 0 Å². The zero-order valence-electron chi connectivity index (χ0n) is 10.4. The second-order valence-corrected chi connectivity index (χ2v) is 4.74. The number of aldehydes is 1. The first-order valence-electron chi connectivity index (χ1n) is 6.23. The van der Waals surface area contributed by atoms with E-state index in [4.69, 9.17) is 0 Å². The molecule has 6 heteroatoms. The van der Waals surface area contributed by atoms with Crippen LogP contribution in [0.3, 0.4) is 0 Å². The molecule has 0 bridgehead atoms. The SMILES string of the molecule is O=CC1CCCCN1Cc1cc(F)cc([N+](=O)[O-])c1. The second-order valence-electron chi connectivity index (χ2n) is 4.74. The minimum Gasteiger partial charge on any atom is -0.302 e. The molecule has 1 aromatic rings. The van der Waals surface area contributed by atoms with Crippen LogP contribution in [0.4, 0.5) is 10.1 Å². The molecule has 0 aromatic heterocycles. The summed E-state index contributed by atoms with van der Waals surface area (Å²) >= 11 is 0. The van der Waals surface area contributed by atoms with Crippen LogP contribution in [-0.4, -0.2) is 28.7 Å². The van der Waals surface area contributed by atoms with Gasteiger partial charge in [-0.3, -0.25) is 15.0 Å². The van der Waals surface area contributed by atoms with Crippen molar-refractivity contribution in [1.82, 2.24) is 4.90 Å². The number of halogens is 1. The predicted molar refractivity (Wildman–Crippen MR) is 67.2 cm³/mol. The first-order chi connectivity index (χ1) is 9.10. The Balaban J connectivity index is 2.17. The largest absolute Gasteiger partial charge is 0.302 e. The van der Waals surface area contributed by atoms with Crippen LogP contribution in [0.15, 0.2) is 18.2 Å². The van der Waals surface area contributed by atoms with E-state index < -0.39 is 10.7 Å². The van der Waals surface area contributed by atoms with Gasteiger partial charge in [-0.25, -0.2) is 4.39 Å². The standard InChI is InChI=1S/C13H15FN2O3/c14-11-5-10(6-13(7-11)16(18)19)8-15-4-2-1-3-12(15)9-17/h5-7,9,12H,1-4,8H2. The highest BCUT2D eigenvalue weighted by molar-refractivity contribution is 5.57. The minimum atomic E-state index is -0.621. The average molecular weight is 266 g/mol. The zero-order valence-corrected chi connectivity index (χ0v) is 10.4. The Morgan fingerprint density at radius 1 is 1.42 bits per heavy atom. The van der Waals surface area contributed by atoms with Gasteiger partial charge in [-0.2, -0.15) is 0 Å². The summed E-state index contributed by atoms with van der Waals surface area (Å²) in [4.78, 5) is 23.0. The topological polar surface area (TPSA) is 63.5 Å². The first-order valence-corrected chi connectivity index (χ1v) is 6.23. The normalized spacial score (nSPS) is 20.2. The molecule has 1 aromatic carbocycles. The van der Waals surface area contributed by atoms with Crippen molar-refractivity contribution in [3.8, 4) is 0 Å². The number of rotatable bonds is 4. The number of piperidine rings is 1. The van der Waals surface area contributed by atoms with Gasteiger partial charge < -0.3 is 4.79 Å². The molecular weight excluding hydrogens is 251 g/mol. The van der Waals surface area contributed by atoms with E-state index in [-0.39, 0.29) is 11.7 Å². The van der Waals surface area contributed by atoms with E-state index in [0.717, 1.165) is 38.2 Å². The number of likely N-dealkylation sites (tertiary alicyclic amines) is 1. The van der Waals surface area contributed by atoms with Gasteiger partial charge in [0.25, 0.3) is 5.69 Å². The average Bonchev–Trinajstić information content (AvgIpc) is 2.38. The van der Waals surface area contributed by atoms with Crippen LogP contribution < -0.4 is 0 Å². The summed E-state index contributed by atoms with van der Waals surface area (Å²) in [5.41, 5.74) is 0.273. The number of nitro benzene ring substituents is 1. The van der Waals surface area contributed by atoms with Gasteiger partial charge in [-0.1, -0.05) is 6.42 Å². The van der Waals surface area contributed by atoms with E-state index >= 15 is 0 Å². The second kappa shape index (κ2) is 5.88. The maximum absolute atomic E-state index is 13.3. The summed E-state index contributed by atoms with van der Waals surface area (Å²) < 4.78 is 13.3. The number of hydrogen-bond acceptors (Lipinski definition) is 4. The van der Waals surface area contributed by atoms with Gasteiger partial charge in [0.15, 0.2) is 0 Å². The molecule has 1 heterocycles. The van der Waals surface area contributed by atoms with E-state index in [1.165, 1.54) is 12.1 Å². The highest BCUT2D eigenvalue weighted by Gasteiger charge is 2.22. The fourth-order valence-electron chi connectivity index (χ4n) is 2.43. The van der Waals surface area contributed by atoms with E-state index in [9.17, 15) is 19.3 Å². The number of nitrogens with zero attached hydrogens (tertiary/aromatic N) is 2. The van der Waals surface area contributed by atoms with Gasteiger partial charge in [0.1, 0.15) is 12.1 Å². The summed E-state index contributed by atoms with van der Waals surface area (Å²) in [6.07, 6.45) is 3.68. The molecule has 1 aliphatic heterocycles. The van der Waals surface area contributed by atoms with Crippen LogP contribution in [0.25, 0.3) is 0 Å². The van der Waals surface area contributed by atoms with Crippen molar-refractivity contribution in [3.05, 3.63) is 39.7 Å². The molecule has 5 nitrogen and oxygen atoms in total. The van der Waals surface area contributed by atoms with Gasteiger partial charge in [-0.15, -0.1) is 0 Å². The zero-order chi connectivity index (χ0) is 13.8. The molecule has 102 valence electrons. The lowest BCUT2D eigenvalue weighted by molar-refractivity contribution is -0.385. The van der Waals surface area contributed by atoms with Crippen molar-refractivity contribution in [3.63, 3.8) is 0 Å². The lowest BCUT2D eigenvalue weighted by atomic mass is 10.0. The molecule has 1 atom stereocenters. The number of nitro groups is 1. The number of carbonyl (C=O) groups excluding carboxylic acids is 1. The van der Waals surface area contributed by atoms with Crippen LogP contribution in [0, 0.1) is 15.9 Å². The summed E-state index contributed by atoms with van der Waals surface area (Å²) in [7, 11) is 0. The number of benzene rings is 1. The smallest absolute Gasteiger partial charge is 0.272 e. The lowest BCUT2D eigenvalue weighted by Gasteiger charge is -2.32. The molecule has 2 rings (SSSR count). The Hall–Kier alpha value is -1.82. The van der Waals surface area contributed by atoms with E-state index in [1.54, 1.807) is 0 Å². The third kappa shape index (κ3) is 3.35. The molecule has 1 saturated heterocycles. The van der Waals surface area contributed by atoms with Crippen LogP contribution >= 0.6 is 0 Å². The first kappa shape index (κ1) is 13.6. The number of non-ortho nitro benzene ring substituents is 1. The molecule has 0 spiro atoms. The quantitative estimate of drug-likeness (QED) is 0.476. The highest BCUT2D eigenvalue weighted by Crippen LogP contribution is 2.21. The number of hydrogen-bond donors (Lipinski definition) is 0. The van der Waals surface area contributed by atoms with Gasteiger partial charge in [-0.05, 0) is 31.0 Å². The fraction of sp³-hybridized carbons (Fsp3) is 0.462. The molecule has 0 radical (unpaired) electrons. The molecular formula is C13H15FN2O3. The lowest BCUT2D eigenvalue weighted by Crippen LogP contribution is -2.39. The summed E-state index contributed by atoms with van der Waals surface area (Å²) in [6.45, 7) is 1.12. The Morgan fingerprint density at radius 2 is 2.21 bits per heavy atom. The van der Waals surface area contributed by atoms with E-state index in [2.05, 4.69) is 0 Å². The van der Waals surface area contributed by atoms with Crippen molar-refractivity contribution in [2.75, 3.05) is 6.54 Å². The van der Waals surface area contributed by atoms with Gasteiger partial charge in [0.2, 0.25) is 0 Å². The third-order valence-electron chi connectivity index (χ3n) is 3.36. The van der Waals surface area contributed by atoms with E-state index in [1.807, 2.05) is 4.90 Å². The molecule has 0 amide bonds. The maximum Gasteiger partial charge on any atom is 0.272 e. The molecule has 1 aliphatic rings. The predicted octanol–water partition coefficient (Wildman–Crippen LogP) is 2.29. The highest BCUT2D eigenvalue weighted by atomic mass is 19.1. The molecule has 0 saturated carbocycles. The minimum absolute atomic E-state index is 0.170. The van der Waals surface area contributed by atoms with Crippen molar-refractivity contribution in [2.45, 2.75) is 31.8 Å². The molecule has 1 unspecified atom stereocenters. The summed E-state index contributed by atoms with van der Waals surface area (Å²) in [5, 5.41) is 10.7. The molecule has 1 fully saturated rings. The number of carbonyl (C=O) groups is 1. The maximum atomic E-state index is 13.3. The Labute approximate surface area is 110 Å². The summed E-state index contributed by atoms with van der Waals surface area (Å²) in [5.74, 6) is -0.621. The van der Waals surface area contributed by atoms with Crippen molar-refractivity contribution >= 4 is 12.0 Å². The van der Waals surface area contributed by atoms with Crippen molar-refractivity contribution < 1.29 is 14.1 Å². The van der Waals surface area contributed by atoms with Crippen LogP contribution in [0.1, 0.15) is 24.8 Å². The van der Waals surface area contributed by atoms with Gasteiger partial charge in [0, 0.05) is 12.6 Å². The molecule has 0 aliphatic carbocycles.